The highest BCUT2D eigenvalue weighted by Gasteiger charge is 2.44. The van der Waals surface area contributed by atoms with Crippen LogP contribution in [0.3, 0.4) is 0 Å². The van der Waals surface area contributed by atoms with E-state index in [0.29, 0.717) is 17.2 Å². The Labute approximate surface area is 207 Å². The number of hydrogen-bond donors (Lipinski definition) is 0. The van der Waals surface area contributed by atoms with Gasteiger partial charge in [-0.2, -0.15) is 0 Å². The minimum Gasteiger partial charge on any atom is -0.292 e. The van der Waals surface area contributed by atoms with Crippen molar-refractivity contribution in [2.45, 2.75) is 57.9 Å². The number of likely N-dealkylation sites (tertiary alicyclic amines) is 1. The molecule has 1 nitrogen and oxygen atoms in total. The molecule has 4 atom stereocenters. The van der Waals surface area contributed by atoms with Crippen molar-refractivity contribution < 1.29 is 13.2 Å². The van der Waals surface area contributed by atoms with Crippen LogP contribution in [0.1, 0.15) is 40.0 Å². The molecular weight excluding hydrogens is 455 g/mol. The molecule has 3 aliphatic rings. The van der Waals surface area contributed by atoms with Gasteiger partial charge in [0.1, 0.15) is 17.7 Å². The maximum absolute atomic E-state index is 15.5. The van der Waals surface area contributed by atoms with Crippen LogP contribution in [0, 0.1) is 11.8 Å². The zero-order chi connectivity index (χ0) is 24.9. The van der Waals surface area contributed by atoms with Crippen molar-refractivity contribution in [3.63, 3.8) is 0 Å². The van der Waals surface area contributed by atoms with Crippen molar-refractivity contribution in [2.75, 3.05) is 13.1 Å². The van der Waals surface area contributed by atoms with E-state index in [1.165, 1.54) is 19.9 Å². The summed E-state index contributed by atoms with van der Waals surface area (Å²) in [6.45, 7) is 10.3. The summed E-state index contributed by atoms with van der Waals surface area (Å²) in [5, 5.41) is 0.698. The largest absolute Gasteiger partial charge is 0.292 e. The van der Waals surface area contributed by atoms with E-state index in [1.807, 2.05) is 37.3 Å². The van der Waals surface area contributed by atoms with Crippen molar-refractivity contribution in [3.8, 4) is 0 Å². The van der Waals surface area contributed by atoms with Gasteiger partial charge >= 0.3 is 0 Å². The lowest BCUT2D eigenvalue weighted by Crippen LogP contribution is -2.40. The second kappa shape index (κ2) is 11.6. The Bertz CT molecular complexity index is 974. The summed E-state index contributed by atoms with van der Waals surface area (Å²) >= 11 is 6.25. The maximum Gasteiger partial charge on any atom is 0.125 e. The second-order valence-corrected chi connectivity index (χ2v) is 10.2. The first kappa shape index (κ1) is 26.6. The van der Waals surface area contributed by atoms with Crippen LogP contribution in [0.4, 0.5) is 13.2 Å². The Hall–Kier alpha value is -2.04. The zero-order valence-electron chi connectivity index (χ0n) is 20.3. The molecule has 1 heterocycles. The first-order chi connectivity index (χ1) is 16.1. The van der Waals surface area contributed by atoms with Gasteiger partial charge in [0.25, 0.3) is 0 Å². The Kier molecular flexibility index (Phi) is 9.06. The predicted molar refractivity (Wildman–Crippen MR) is 138 cm³/mol. The number of hydrogen-bond acceptors (Lipinski definition) is 1. The lowest BCUT2D eigenvalue weighted by Gasteiger charge is -2.36. The summed E-state index contributed by atoms with van der Waals surface area (Å²) in [6.07, 6.45) is 18.3. The molecule has 1 aliphatic heterocycles. The topological polar surface area (TPSA) is 3.24 Å². The molecular formula is C29H35ClF3N. The van der Waals surface area contributed by atoms with Gasteiger partial charge in [0.05, 0.1) is 6.04 Å². The van der Waals surface area contributed by atoms with Crippen LogP contribution >= 0.6 is 11.6 Å². The quantitative estimate of drug-likeness (QED) is 0.310. The third kappa shape index (κ3) is 6.55. The van der Waals surface area contributed by atoms with Crippen LogP contribution < -0.4 is 0 Å². The zero-order valence-corrected chi connectivity index (χ0v) is 21.0. The molecule has 1 saturated heterocycles. The molecule has 0 saturated carbocycles. The van der Waals surface area contributed by atoms with Crippen LogP contribution in [0.5, 0.6) is 0 Å². The van der Waals surface area contributed by atoms with E-state index in [0.717, 1.165) is 36.6 Å². The lowest BCUT2D eigenvalue weighted by molar-refractivity contribution is 0.0986. The first-order valence-electron chi connectivity index (χ1n) is 12.0. The van der Waals surface area contributed by atoms with Crippen molar-refractivity contribution in [2.24, 2.45) is 11.8 Å². The highest BCUT2D eigenvalue weighted by atomic mass is 35.5. The highest BCUT2D eigenvalue weighted by Crippen LogP contribution is 2.44. The van der Waals surface area contributed by atoms with Gasteiger partial charge in [-0.1, -0.05) is 66.3 Å². The maximum atomic E-state index is 15.5. The lowest BCUT2D eigenvalue weighted by atomic mass is 9.73. The van der Waals surface area contributed by atoms with Gasteiger partial charge < -0.3 is 0 Å². The molecule has 3 rings (SSSR count). The van der Waals surface area contributed by atoms with Crippen LogP contribution in [0.25, 0.3) is 0 Å². The molecule has 2 aliphatic carbocycles. The number of halogens is 4. The van der Waals surface area contributed by atoms with E-state index < -0.39 is 23.6 Å². The van der Waals surface area contributed by atoms with E-state index in [9.17, 15) is 8.78 Å². The van der Waals surface area contributed by atoms with E-state index in [1.54, 1.807) is 6.08 Å². The molecule has 184 valence electrons. The van der Waals surface area contributed by atoms with Gasteiger partial charge in [-0.3, -0.25) is 4.90 Å². The molecule has 0 aromatic carbocycles. The molecule has 0 N–H and O–H groups in total. The monoisotopic (exact) mass is 489 g/mol. The summed E-state index contributed by atoms with van der Waals surface area (Å²) in [7, 11) is 0. The normalized spacial score (nSPS) is 26.5. The van der Waals surface area contributed by atoms with E-state index in [-0.39, 0.29) is 18.4 Å². The summed E-state index contributed by atoms with van der Waals surface area (Å²) < 4.78 is 43.8. The molecule has 0 aromatic rings. The molecule has 0 aromatic heterocycles. The molecule has 0 amide bonds. The average Bonchev–Trinajstić information content (AvgIpc) is 3.08. The fourth-order valence-electron chi connectivity index (χ4n) is 5.59. The molecule has 5 heteroatoms. The first-order valence-corrected chi connectivity index (χ1v) is 12.4. The van der Waals surface area contributed by atoms with Gasteiger partial charge in [0.2, 0.25) is 0 Å². The number of alkyl halides is 2. The van der Waals surface area contributed by atoms with Crippen LogP contribution in [-0.4, -0.2) is 35.9 Å². The Balaban J connectivity index is 1.95. The van der Waals surface area contributed by atoms with Crippen molar-refractivity contribution in [1.29, 1.82) is 0 Å². The van der Waals surface area contributed by atoms with Gasteiger partial charge in [-0.25, -0.2) is 13.2 Å². The van der Waals surface area contributed by atoms with Gasteiger partial charge in [-0.05, 0) is 75.4 Å². The van der Waals surface area contributed by atoms with E-state index in [2.05, 4.69) is 23.6 Å². The summed E-state index contributed by atoms with van der Waals surface area (Å²) in [6, 6.07) is -0.0549. The Morgan fingerprint density at radius 1 is 1.29 bits per heavy atom. The van der Waals surface area contributed by atoms with Crippen molar-refractivity contribution >= 4 is 11.6 Å². The van der Waals surface area contributed by atoms with E-state index in [4.69, 9.17) is 11.6 Å². The predicted octanol–water partition coefficient (Wildman–Crippen LogP) is 8.26. The Morgan fingerprint density at radius 3 is 2.71 bits per heavy atom. The summed E-state index contributed by atoms with van der Waals surface area (Å²) in [5.41, 5.74) is 1.13. The highest BCUT2D eigenvalue weighted by molar-refractivity contribution is 6.31. The smallest absolute Gasteiger partial charge is 0.125 e. The summed E-state index contributed by atoms with van der Waals surface area (Å²) in [5.74, 6) is -1.23. The van der Waals surface area contributed by atoms with Gasteiger partial charge in [-0.15, -0.1) is 0 Å². The number of rotatable bonds is 8. The molecule has 0 bridgehead atoms. The van der Waals surface area contributed by atoms with Crippen LogP contribution in [0.15, 0.2) is 94.9 Å². The number of nitrogens with zero attached hydrogens (tertiary/aromatic N) is 1. The van der Waals surface area contributed by atoms with Gasteiger partial charge in [0, 0.05) is 23.9 Å². The molecule has 4 unspecified atom stereocenters. The third-order valence-electron chi connectivity index (χ3n) is 6.73. The SMILES string of the molecule is C=C/C=C(\C=C/C)C(C1=CCC=C(Cl)C=C1)N1CCC(C(C2=CC(F)=CC(F)C2)C(C)(C)F)C1. The standard InChI is InChI=1S/C29H35ClF3N/c1-5-8-20(9-6-2)28(21-10-7-11-24(30)13-12-21)34-15-14-22(19-34)27(29(3,4)33)23-16-25(31)18-26(32)17-23/h5-6,8-13,16,18,22,26-28H,1,7,14-15,17,19H2,2-4H3/b9-6-,20-8+. The fraction of sp³-hybridized carbons (Fsp3) is 0.448. The average molecular weight is 490 g/mol. The Morgan fingerprint density at radius 2 is 2.06 bits per heavy atom. The number of allylic oxidation sites excluding steroid dienone is 11. The third-order valence-corrected chi connectivity index (χ3v) is 7.01. The minimum atomic E-state index is -1.60. The molecule has 0 radical (unpaired) electrons. The molecule has 1 fully saturated rings. The van der Waals surface area contributed by atoms with Gasteiger partial charge in [0.15, 0.2) is 0 Å². The van der Waals surface area contributed by atoms with Crippen molar-refractivity contribution in [1.82, 2.24) is 4.90 Å². The molecule has 34 heavy (non-hydrogen) atoms. The van der Waals surface area contributed by atoms with Crippen molar-refractivity contribution in [3.05, 3.63) is 94.9 Å². The fourth-order valence-corrected chi connectivity index (χ4v) is 5.74. The second-order valence-electron chi connectivity index (χ2n) is 9.74. The van der Waals surface area contributed by atoms with Crippen LogP contribution in [-0.2, 0) is 0 Å². The van der Waals surface area contributed by atoms with Crippen LogP contribution in [0.2, 0.25) is 0 Å². The van der Waals surface area contributed by atoms with E-state index >= 15 is 4.39 Å². The summed E-state index contributed by atoms with van der Waals surface area (Å²) in [4.78, 5) is 2.34. The minimum absolute atomic E-state index is 0.0453. The molecule has 0 spiro atoms.